The van der Waals surface area contributed by atoms with Gasteiger partial charge in [0.2, 0.25) is 0 Å². The van der Waals surface area contributed by atoms with Gasteiger partial charge in [-0.05, 0) is 31.1 Å². The smallest absolute Gasteiger partial charge is 0.145 e. The molecular formula is C14H26OS. The summed E-state index contributed by atoms with van der Waals surface area (Å²) in [5.74, 6) is 3.07. The molecule has 1 nitrogen and oxygen atoms in total. The summed E-state index contributed by atoms with van der Waals surface area (Å²) in [6.07, 6.45) is 3.47. The van der Waals surface area contributed by atoms with Crippen LogP contribution in [0.3, 0.4) is 0 Å². The minimum atomic E-state index is 0.212. The maximum absolute atomic E-state index is 12.1. The summed E-state index contributed by atoms with van der Waals surface area (Å²) in [4.78, 5) is 12.1. The van der Waals surface area contributed by atoms with Crippen LogP contribution in [-0.2, 0) is 4.79 Å². The Balaban J connectivity index is 2.38. The molecule has 94 valence electrons. The van der Waals surface area contributed by atoms with Crippen LogP contribution < -0.4 is 0 Å². The number of hydrogen-bond acceptors (Lipinski definition) is 2. The third-order valence-electron chi connectivity index (χ3n) is 3.70. The van der Waals surface area contributed by atoms with Gasteiger partial charge in [-0.2, -0.15) is 0 Å². The zero-order valence-electron chi connectivity index (χ0n) is 11.4. The summed E-state index contributed by atoms with van der Waals surface area (Å²) < 4.78 is 0.212. The van der Waals surface area contributed by atoms with E-state index in [4.69, 9.17) is 0 Å². The Kier molecular flexibility index (Phi) is 4.90. The summed E-state index contributed by atoms with van der Waals surface area (Å²) in [5.41, 5.74) is 0. The number of ketones is 1. The number of rotatable bonds is 3. The monoisotopic (exact) mass is 242 g/mol. The normalized spacial score (nSPS) is 31.4. The van der Waals surface area contributed by atoms with Gasteiger partial charge in [0.1, 0.15) is 5.78 Å². The highest BCUT2D eigenvalue weighted by Crippen LogP contribution is 2.35. The number of carbonyl (C=O) groups excluding carboxylic acids is 1. The van der Waals surface area contributed by atoms with Crippen LogP contribution in [0.5, 0.6) is 0 Å². The molecule has 1 fully saturated rings. The van der Waals surface area contributed by atoms with Crippen molar-refractivity contribution in [2.45, 2.75) is 58.6 Å². The van der Waals surface area contributed by atoms with Crippen LogP contribution in [0.25, 0.3) is 0 Å². The minimum Gasteiger partial charge on any atom is -0.298 e. The first-order valence-corrected chi connectivity index (χ1v) is 7.45. The van der Waals surface area contributed by atoms with Gasteiger partial charge in [0.15, 0.2) is 0 Å². The van der Waals surface area contributed by atoms with E-state index >= 15 is 0 Å². The molecule has 0 saturated heterocycles. The van der Waals surface area contributed by atoms with Crippen LogP contribution in [0.15, 0.2) is 0 Å². The standard InChI is InChI=1S/C14H26OS/c1-10-6-7-12(8-11(10)2)13(15)9-16-14(3,4)5/h10-12H,6-9H2,1-5H3. The van der Waals surface area contributed by atoms with E-state index in [2.05, 4.69) is 34.6 Å². The summed E-state index contributed by atoms with van der Waals surface area (Å²) in [6.45, 7) is 11.1. The highest BCUT2D eigenvalue weighted by atomic mass is 32.2. The molecule has 0 N–H and O–H groups in total. The molecule has 1 rings (SSSR count). The van der Waals surface area contributed by atoms with Crippen molar-refractivity contribution in [2.24, 2.45) is 17.8 Å². The predicted octanol–water partition coefficient (Wildman–Crippen LogP) is 4.16. The summed E-state index contributed by atoms with van der Waals surface area (Å²) in [5, 5.41) is 0. The summed E-state index contributed by atoms with van der Waals surface area (Å²) in [6, 6.07) is 0. The molecule has 2 heteroatoms. The van der Waals surface area contributed by atoms with Crippen molar-refractivity contribution in [3.63, 3.8) is 0 Å². The zero-order chi connectivity index (χ0) is 12.3. The second kappa shape index (κ2) is 5.57. The summed E-state index contributed by atoms with van der Waals surface area (Å²) in [7, 11) is 0. The Labute approximate surface area is 105 Å². The van der Waals surface area contributed by atoms with Crippen LogP contribution in [-0.4, -0.2) is 16.3 Å². The quantitative estimate of drug-likeness (QED) is 0.739. The predicted molar refractivity (Wildman–Crippen MR) is 72.9 cm³/mol. The first kappa shape index (κ1) is 14.1. The van der Waals surface area contributed by atoms with Gasteiger partial charge in [0, 0.05) is 10.7 Å². The van der Waals surface area contributed by atoms with E-state index in [0.29, 0.717) is 17.5 Å². The van der Waals surface area contributed by atoms with E-state index in [1.165, 1.54) is 6.42 Å². The molecule has 0 radical (unpaired) electrons. The lowest BCUT2D eigenvalue weighted by atomic mass is 9.74. The molecule has 1 aliphatic carbocycles. The molecule has 0 aromatic heterocycles. The molecule has 0 bridgehead atoms. The van der Waals surface area contributed by atoms with Crippen molar-refractivity contribution >= 4 is 17.5 Å². The van der Waals surface area contributed by atoms with Crippen molar-refractivity contribution in [1.82, 2.24) is 0 Å². The van der Waals surface area contributed by atoms with Gasteiger partial charge >= 0.3 is 0 Å². The lowest BCUT2D eigenvalue weighted by Gasteiger charge is -2.31. The molecule has 16 heavy (non-hydrogen) atoms. The molecule has 0 amide bonds. The van der Waals surface area contributed by atoms with Crippen LogP contribution >= 0.6 is 11.8 Å². The van der Waals surface area contributed by atoms with Gasteiger partial charge in [-0.25, -0.2) is 0 Å². The number of carbonyl (C=O) groups is 1. The Morgan fingerprint density at radius 1 is 1.19 bits per heavy atom. The molecule has 0 aromatic carbocycles. The van der Waals surface area contributed by atoms with E-state index < -0.39 is 0 Å². The number of thioether (sulfide) groups is 1. The van der Waals surface area contributed by atoms with Gasteiger partial charge in [0.25, 0.3) is 0 Å². The van der Waals surface area contributed by atoms with E-state index in [1.807, 2.05) is 0 Å². The fraction of sp³-hybridized carbons (Fsp3) is 0.929. The SMILES string of the molecule is CC1CCC(C(=O)CSC(C)(C)C)CC1C. The third-order valence-corrected chi connectivity index (χ3v) is 5.00. The fourth-order valence-corrected chi connectivity index (χ4v) is 3.06. The van der Waals surface area contributed by atoms with Crippen molar-refractivity contribution in [1.29, 1.82) is 0 Å². The van der Waals surface area contributed by atoms with Crippen molar-refractivity contribution < 1.29 is 4.79 Å². The molecule has 3 unspecified atom stereocenters. The maximum Gasteiger partial charge on any atom is 0.145 e. The molecule has 1 aliphatic rings. The minimum absolute atomic E-state index is 0.212. The van der Waals surface area contributed by atoms with Crippen LogP contribution in [0, 0.1) is 17.8 Å². The third kappa shape index (κ3) is 4.48. The topological polar surface area (TPSA) is 17.1 Å². The highest BCUT2D eigenvalue weighted by molar-refractivity contribution is 8.01. The lowest BCUT2D eigenvalue weighted by Crippen LogP contribution is -2.28. The Morgan fingerprint density at radius 3 is 2.31 bits per heavy atom. The Morgan fingerprint density at radius 2 is 1.81 bits per heavy atom. The second-order valence-corrected chi connectivity index (χ2v) is 8.13. The molecule has 1 saturated carbocycles. The maximum atomic E-state index is 12.1. The first-order valence-electron chi connectivity index (χ1n) is 6.46. The summed E-state index contributed by atoms with van der Waals surface area (Å²) >= 11 is 1.79. The molecule has 0 aromatic rings. The Hall–Kier alpha value is 0.0200. The van der Waals surface area contributed by atoms with Gasteiger partial charge in [-0.15, -0.1) is 11.8 Å². The molecule has 0 aliphatic heterocycles. The average molecular weight is 242 g/mol. The van der Waals surface area contributed by atoms with Crippen LogP contribution in [0.2, 0.25) is 0 Å². The van der Waals surface area contributed by atoms with E-state index in [0.717, 1.165) is 24.7 Å². The lowest BCUT2D eigenvalue weighted by molar-refractivity contribution is -0.122. The van der Waals surface area contributed by atoms with Crippen LogP contribution in [0.4, 0.5) is 0 Å². The fourth-order valence-electron chi connectivity index (χ4n) is 2.25. The first-order chi connectivity index (χ1) is 7.29. The molecular weight excluding hydrogens is 216 g/mol. The van der Waals surface area contributed by atoms with Crippen molar-refractivity contribution in [3.8, 4) is 0 Å². The molecule has 3 atom stereocenters. The largest absolute Gasteiger partial charge is 0.298 e. The molecule has 0 spiro atoms. The Bertz CT molecular complexity index is 242. The highest BCUT2D eigenvalue weighted by Gasteiger charge is 2.29. The van der Waals surface area contributed by atoms with E-state index in [9.17, 15) is 4.79 Å². The zero-order valence-corrected chi connectivity index (χ0v) is 12.2. The van der Waals surface area contributed by atoms with Gasteiger partial charge in [-0.1, -0.05) is 34.6 Å². The van der Waals surface area contributed by atoms with Crippen LogP contribution in [0.1, 0.15) is 53.9 Å². The number of Topliss-reactive ketones (excluding diaryl/α,β-unsaturated/α-hetero) is 1. The van der Waals surface area contributed by atoms with Gasteiger partial charge in [-0.3, -0.25) is 4.79 Å². The molecule has 0 heterocycles. The van der Waals surface area contributed by atoms with Gasteiger partial charge in [0.05, 0.1) is 5.75 Å². The van der Waals surface area contributed by atoms with Crippen molar-refractivity contribution in [3.05, 3.63) is 0 Å². The van der Waals surface area contributed by atoms with Gasteiger partial charge < -0.3 is 0 Å². The van der Waals surface area contributed by atoms with E-state index in [1.54, 1.807) is 11.8 Å². The average Bonchev–Trinajstić information content (AvgIpc) is 2.17. The van der Waals surface area contributed by atoms with E-state index in [-0.39, 0.29) is 4.75 Å². The number of hydrogen-bond donors (Lipinski definition) is 0. The van der Waals surface area contributed by atoms with Crippen molar-refractivity contribution in [2.75, 3.05) is 5.75 Å². The second-order valence-electron chi connectivity index (χ2n) is 6.33.